The lowest BCUT2D eigenvalue weighted by Crippen LogP contribution is -2.47. The summed E-state index contributed by atoms with van der Waals surface area (Å²) in [7, 11) is 0. The Morgan fingerprint density at radius 1 is 0.913 bits per heavy atom. The summed E-state index contributed by atoms with van der Waals surface area (Å²) in [5, 5.41) is 3.92. The number of hydrogen-bond acceptors (Lipinski definition) is 2. The van der Waals surface area contributed by atoms with Crippen molar-refractivity contribution in [1.82, 2.24) is 5.32 Å². The van der Waals surface area contributed by atoms with Gasteiger partial charge in [0, 0.05) is 12.1 Å². The van der Waals surface area contributed by atoms with Crippen LogP contribution in [0.15, 0.2) is 0 Å². The largest absolute Gasteiger partial charge is 0.377 e. The smallest absolute Gasteiger partial charge is 0.0594 e. The van der Waals surface area contributed by atoms with Crippen molar-refractivity contribution >= 4 is 0 Å². The van der Waals surface area contributed by atoms with Crippen LogP contribution in [0.1, 0.15) is 100 Å². The van der Waals surface area contributed by atoms with Crippen molar-refractivity contribution < 1.29 is 4.74 Å². The molecule has 0 spiro atoms. The molecular weight excluding hydrogens is 282 g/mol. The lowest BCUT2D eigenvalue weighted by Gasteiger charge is -2.38. The minimum absolute atomic E-state index is 0.297. The van der Waals surface area contributed by atoms with Gasteiger partial charge >= 0.3 is 0 Å². The molecule has 0 saturated heterocycles. The number of rotatable bonds is 13. The molecule has 1 N–H and O–H groups in total. The Kier molecular flexibility index (Phi) is 11.4. The number of ether oxygens (including phenoxy) is 1. The molecular formula is C21H45NO. The highest BCUT2D eigenvalue weighted by atomic mass is 16.5. The second kappa shape index (κ2) is 11.5. The van der Waals surface area contributed by atoms with Crippen LogP contribution in [0.4, 0.5) is 0 Å². The van der Waals surface area contributed by atoms with Crippen LogP contribution in [0.2, 0.25) is 0 Å². The van der Waals surface area contributed by atoms with Crippen LogP contribution >= 0.6 is 0 Å². The quantitative estimate of drug-likeness (QED) is 0.407. The van der Waals surface area contributed by atoms with Gasteiger partial charge < -0.3 is 10.1 Å². The number of hydrogen-bond donors (Lipinski definition) is 1. The SMILES string of the molecule is CCCC(CCC(C)CC)(CCC(C)(C)C)NCCOC(C)C. The predicted molar refractivity (Wildman–Crippen MR) is 104 cm³/mol. The van der Waals surface area contributed by atoms with E-state index in [4.69, 9.17) is 4.74 Å². The fraction of sp³-hybridized carbons (Fsp3) is 1.00. The van der Waals surface area contributed by atoms with Crippen molar-refractivity contribution in [2.24, 2.45) is 11.3 Å². The first-order chi connectivity index (χ1) is 10.6. The summed E-state index contributed by atoms with van der Waals surface area (Å²) in [6.45, 7) is 20.1. The molecule has 0 aliphatic rings. The second-order valence-electron chi connectivity index (χ2n) is 8.99. The van der Waals surface area contributed by atoms with Crippen LogP contribution in [0, 0.1) is 11.3 Å². The monoisotopic (exact) mass is 327 g/mol. The molecule has 0 saturated carbocycles. The normalized spacial score (nSPS) is 16.6. The fourth-order valence-corrected chi connectivity index (χ4v) is 3.07. The van der Waals surface area contributed by atoms with Gasteiger partial charge in [-0.1, -0.05) is 54.4 Å². The first-order valence-corrected chi connectivity index (χ1v) is 10.0. The van der Waals surface area contributed by atoms with E-state index in [1.54, 1.807) is 0 Å². The summed E-state index contributed by atoms with van der Waals surface area (Å²) < 4.78 is 5.75. The van der Waals surface area contributed by atoms with E-state index in [-0.39, 0.29) is 0 Å². The maximum Gasteiger partial charge on any atom is 0.0594 e. The van der Waals surface area contributed by atoms with Crippen LogP contribution in [0.25, 0.3) is 0 Å². The van der Waals surface area contributed by atoms with Crippen LogP contribution in [0.3, 0.4) is 0 Å². The number of nitrogens with one attached hydrogen (secondary N) is 1. The molecule has 0 amide bonds. The summed E-state index contributed by atoms with van der Waals surface area (Å²) >= 11 is 0. The molecule has 0 fully saturated rings. The van der Waals surface area contributed by atoms with E-state index < -0.39 is 0 Å². The van der Waals surface area contributed by atoms with E-state index in [0.29, 0.717) is 17.1 Å². The zero-order valence-electron chi connectivity index (χ0n) is 17.4. The highest BCUT2D eigenvalue weighted by Gasteiger charge is 2.30. The fourth-order valence-electron chi connectivity index (χ4n) is 3.07. The topological polar surface area (TPSA) is 21.3 Å². The Hall–Kier alpha value is -0.0800. The molecule has 0 aliphatic heterocycles. The summed E-state index contributed by atoms with van der Waals surface area (Å²) in [5.41, 5.74) is 0.706. The third kappa shape index (κ3) is 12.0. The zero-order chi connectivity index (χ0) is 17.9. The Balaban J connectivity index is 4.77. The summed E-state index contributed by atoms with van der Waals surface area (Å²) in [6.07, 6.45) is 9.34. The first kappa shape index (κ1) is 22.9. The van der Waals surface area contributed by atoms with Gasteiger partial charge in [-0.15, -0.1) is 0 Å². The standard InChI is InChI=1S/C21H45NO/c1-9-12-21(13-11-19(5)10-2,15-14-20(6,7)8)22-16-17-23-18(3)4/h18-19,22H,9-17H2,1-8H3. The van der Waals surface area contributed by atoms with E-state index in [0.717, 1.165) is 19.1 Å². The third-order valence-electron chi connectivity index (χ3n) is 4.95. The highest BCUT2D eigenvalue weighted by Crippen LogP contribution is 2.32. The van der Waals surface area contributed by atoms with Gasteiger partial charge in [0.05, 0.1) is 12.7 Å². The van der Waals surface area contributed by atoms with Crippen molar-refractivity contribution in [1.29, 1.82) is 0 Å². The molecule has 0 aliphatic carbocycles. The van der Waals surface area contributed by atoms with Gasteiger partial charge in [0.2, 0.25) is 0 Å². The minimum Gasteiger partial charge on any atom is -0.377 e. The summed E-state index contributed by atoms with van der Waals surface area (Å²) in [5.74, 6) is 0.828. The van der Waals surface area contributed by atoms with Crippen LogP contribution in [0.5, 0.6) is 0 Å². The third-order valence-corrected chi connectivity index (χ3v) is 4.95. The van der Waals surface area contributed by atoms with Gasteiger partial charge in [-0.2, -0.15) is 0 Å². The van der Waals surface area contributed by atoms with Gasteiger partial charge in [-0.05, 0) is 57.3 Å². The average molecular weight is 328 g/mol. The Morgan fingerprint density at radius 2 is 1.57 bits per heavy atom. The molecule has 0 aromatic heterocycles. The van der Waals surface area contributed by atoms with Gasteiger partial charge in [0.15, 0.2) is 0 Å². The molecule has 0 radical (unpaired) electrons. The second-order valence-corrected chi connectivity index (χ2v) is 8.99. The molecule has 2 heteroatoms. The zero-order valence-corrected chi connectivity index (χ0v) is 17.4. The molecule has 0 heterocycles. The molecule has 2 unspecified atom stereocenters. The van der Waals surface area contributed by atoms with Gasteiger partial charge in [0.1, 0.15) is 0 Å². The lowest BCUT2D eigenvalue weighted by atomic mass is 9.77. The van der Waals surface area contributed by atoms with E-state index in [2.05, 4.69) is 60.7 Å². The maximum atomic E-state index is 5.75. The van der Waals surface area contributed by atoms with E-state index in [9.17, 15) is 0 Å². The Morgan fingerprint density at radius 3 is 2.04 bits per heavy atom. The van der Waals surface area contributed by atoms with Crippen molar-refractivity contribution in [2.75, 3.05) is 13.2 Å². The summed E-state index contributed by atoms with van der Waals surface area (Å²) in [4.78, 5) is 0. The Labute approximate surface area is 147 Å². The van der Waals surface area contributed by atoms with Gasteiger partial charge in [-0.25, -0.2) is 0 Å². The van der Waals surface area contributed by atoms with E-state index in [1.807, 2.05) is 0 Å². The van der Waals surface area contributed by atoms with Gasteiger partial charge in [-0.3, -0.25) is 0 Å². The molecule has 2 nitrogen and oxygen atoms in total. The van der Waals surface area contributed by atoms with Crippen molar-refractivity contribution in [3.8, 4) is 0 Å². The van der Waals surface area contributed by atoms with Crippen LogP contribution in [-0.2, 0) is 4.74 Å². The Bertz CT molecular complexity index is 282. The van der Waals surface area contributed by atoms with Crippen molar-refractivity contribution in [3.05, 3.63) is 0 Å². The molecule has 2 atom stereocenters. The lowest BCUT2D eigenvalue weighted by molar-refractivity contribution is 0.0720. The van der Waals surface area contributed by atoms with E-state index >= 15 is 0 Å². The maximum absolute atomic E-state index is 5.75. The minimum atomic E-state index is 0.297. The van der Waals surface area contributed by atoms with Crippen molar-refractivity contribution in [2.45, 2.75) is 112 Å². The van der Waals surface area contributed by atoms with Crippen molar-refractivity contribution in [3.63, 3.8) is 0 Å². The summed E-state index contributed by atoms with van der Waals surface area (Å²) in [6, 6.07) is 0. The molecule has 0 aromatic rings. The molecule has 140 valence electrons. The first-order valence-electron chi connectivity index (χ1n) is 10.0. The predicted octanol–water partition coefficient (Wildman–Crippen LogP) is 6.19. The molecule has 0 bridgehead atoms. The van der Waals surface area contributed by atoms with Crippen LogP contribution in [-0.4, -0.2) is 24.8 Å². The molecule has 23 heavy (non-hydrogen) atoms. The van der Waals surface area contributed by atoms with Crippen LogP contribution < -0.4 is 5.32 Å². The molecule has 0 aromatic carbocycles. The average Bonchev–Trinajstić information content (AvgIpc) is 2.46. The molecule has 0 rings (SSSR count). The highest BCUT2D eigenvalue weighted by molar-refractivity contribution is 4.89. The van der Waals surface area contributed by atoms with Gasteiger partial charge in [0.25, 0.3) is 0 Å². The van der Waals surface area contributed by atoms with E-state index in [1.165, 1.54) is 44.9 Å².